The molecule has 0 aromatic carbocycles. The summed E-state index contributed by atoms with van der Waals surface area (Å²) >= 11 is 0. The standard InChI is InChI=1S/C12H16N2/c1-9(2)7-10-8-14-12-11(10)5-3-4-6-13-12/h3-6,8-9,13-14H,7H2,1-2H3. The molecule has 2 heteroatoms. The maximum absolute atomic E-state index is 3.26. The largest absolute Gasteiger partial charge is 0.348 e. The number of aromatic nitrogens is 1. The van der Waals surface area contributed by atoms with E-state index in [1.165, 1.54) is 11.1 Å². The molecular weight excluding hydrogens is 172 g/mol. The predicted octanol–water partition coefficient (Wildman–Crippen LogP) is 3.17. The Kier molecular flexibility index (Phi) is 2.44. The third-order valence-electron chi connectivity index (χ3n) is 2.33. The number of allylic oxidation sites excluding steroid dienone is 2. The summed E-state index contributed by atoms with van der Waals surface area (Å²) < 4.78 is 0. The summed E-state index contributed by atoms with van der Waals surface area (Å²) in [6.45, 7) is 4.48. The molecule has 0 unspecified atom stereocenters. The highest BCUT2D eigenvalue weighted by Gasteiger charge is 2.09. The Morgan fingerprint density at radius 2 is 2.14 bits per heavy atom. The first-order chi connectivity index (χ1) is 6.77. The van der Waals surface area contributed by atoms with Gasteiger partial charge in [0.1, 0.15) is 5.82 Å². The minimum Gasteiger partial charge on any atom is -0.348 e. The number of rotatable bonds is 2. The van der Waals surface area contributed by atoms with Gasteiger partial charge in [0.05, 0.1) is 0 Å². The van der Waals surface area contributed by atoms with Crippen LogP contribution < -0.4 is 5.32 Å². The van der Waals surface area contributed by atoms with Gasteiger partial charge in [-0.15, -0.1) is 0 Å². The summed E-state index contributed by atoms with van der Waals surface area (Å²) in [5.41, 5.74) is 2.69. The zero-order valence-electron chi connectivity index (χ0n) is 8.67. The number of H-pyrrole nitrogens is 1. The molecule has 2 nitrogen and oxygen atoms in total. The van der Waals surface area contributed by atoms with Gasteiger partial charge in [0.25, 0.3) is 0 Å². The van der Waals surface area contributed by atoms with Gasteiger partial charge in [0.15, 0.2) is 0 Å². The zero-order chi connectivity index (χ0) is 9.97. The van der Waals surface area contributed by atoms with Crippen molar-refractivity contribution in [2.24, 2.45) is 5.92 Å². The number of nitrogens with one attached hydrogen (secondary N) is 2. The molecule has 0 saturated carbocycles. The second-order valence-corrected chi connectivity index (χ2v) is 4.06. The average molecular weight is 188 g/mol. The van der Waals surface area contributed by atoms with Crippen molar-refractivity contribution in [3.63, 3.8) is 0 Å². The van der Waals surface area contributed by atoms with E-state index in [-0.39, 0.29) is 0 Å². The molecule has 0 atom stereocenters. The number of hydrogen-bond donors (Lipinski definition) is 2. The van der Waals surface area contributed by atoms with E-state index in [1.807, 2.05) is 12.3 Å². The van der Waals surface area contributed by atoms with Gasteiger partial charge in [-0.3, -0.25) is 0 Å². The van der Waals surface area contributed by atoms with Gasteiger partial charge in [-0.05, 0) is 24.0 Å². The van der Waals surface area contributed by atoms with Crippen LogP contribution in [0.1, 0.15) is 25.0 Å². The predicted molar refractivity (Wildman–Crippen MR) is 61.1 cm³/mol. The Hall–Kier alpha value is -1.44. The Balaban J connectivity index is 2.31. The second kappa shape index (κ2) is 3.74. The van der Waals surface area contributed by atoms with Crippen LogP contribution in [0.5, 0.6) is 0 Å². The van der Waals surface area contributed by atoms with Gasteiger partial charge >= 0.3 is 0 Å². The van der Waals surface area contributed by atoms with E-state index in [0.717, 1.165) is 12.2 Å². The van der Waals surface area contributed by atoms with Gasteiger partial charge in [-0.1, -0.05) is 26.0 Å². The van der Waals surface area contributed by atoms with Crippen LogP contribution in [-0.4, -0.2) is 4.98 Å². The SMILES string of the molecule is CC(C)Cc1c[nH]c2c1C=CC=CN2. The summed E-state index contributed by atoms with van der Waals surface area (Å²) in [5.74, 6) is 1.80. The van der Waals surface area contributed by atoms with E-state index in [0.29, 0.717) is 5.92 Å². The molecule has 1 aliphatic heterocycles. The fraction of sp³-hybridized carbons (Fsp3) is 0.333. The van der Waals surface area contributed by atoms with Crippen LogP contribution in [0.2, 0.25) is 0 Å². The lowest BCUT2D eigenvalue weighted by Gasteiger charge is -2.04. The molecule has 1 aromatic heterocycles. The lowest BCUT2D eigenvalue weighted by Crippen LogP contribution is -1.94. The van der Waals surface area contributed by atoms with Gasteiger partial charge in [-0.25, -0.2) is 0 Å². The van der Waals surface area contributed by atoms with Crippen LogP contribution in [0.25, 0.3) is 6.08 Å². The summed E-state index contributed by atoms with van der Waals surface area (Å²) in [5, 5.41) is 3.22. The molecule has 1 aliphatic rings. The lowest BCUT2D eigenvalue weighted by molar-refractivity contribution is 0.647. The average Bonchev–Trinajstić information content (AvgIpc) is 2.37. The molecule has 2 heterocycles. The highest BCUT2D eigenvalue weighted by molar-refractivity contribution is 5.70. The van der Waals surface area contributed by atoms with E-state index in [9.17, 15) is 0 Å². The van der Waals surface area contributed by atoms with Crippen LogP contribution in [-0.2, 0) is 6.42 Å². The monoisotopic (exact) mass is 188 g/mol. The minimum atomic E-state index is 0.694. The van der Waals surface area contributed by atoms with Crippen LogP contribution in [0.3, 0.4) is 0 Å². The number of aromatic amines is 1. The Labute approximate surface area is 84.7 Å². The summed E-state index contributed by atoms with van der Waals surface area (Å²) in [6, 6.07) is 0. The topological polar surface area (TPSA) is 27.8 Å². The molecule has 0 fully saturated rings. The first-order valence-electron chi connectivity index (χ1n) is 5.07. The first kappa shape index (κ1) is 9.13. The highest BCUT2D eigenvalue weighted by Crippen LogP contribution is 2.24. The summed E-state index contributed by atoms with van der Waals surface area (Å²) in [4.78, 5) is 3.26. The van der Waals surface area contributed by atoms with E-state index < -0.39 is 0 Å². The molecule has 0 radical (unpaired) electrons. The molecule has 1 aromatic rings. The van der Waals surface area contributed by atoms with Gasteiger partial charge in [0, 0.05) is 18.0 Å². The minimum absolute atomic E-state index is 0.694. The maximum atomic E-state index is 3.26. The van der Waals surface area contributed by atoms with E-state index in [4.69, 9.17) is 0 Å². The van der Waals surface area contributed by atoms with Gasteiger partial charge in [-0.2, -0.15) is 0 Å². The smallest absolute Gasteiger partial charge is 0.114 e. The van der Waals surface area contributed by atoms with Crippen LogP contribution in [0, 0.1) is 5.92 Å². The molecule has 2 rings (SSSR count). The molecular formula is C12H16N2. The molecule has 2 N–H and O–H groups in total. The highest BCUT2D eigenvalue weighted by atomic mass is 15.0. The molecule has 14 heavy (non-hydrogen) atoms. The van der Waals surface area contributed by atoms with Gasteiger partial charge in [0.2, 0.25) is 0 Å². The van der Waals surface area contributed by atoms with Crippen molar-refractivity contribution < 1.29 is 0 Å². The fourth-order valence-electron chi connectivity index (χ4n) is 1.73. The number of anilines is 1. The van der Waals surface area contributed by atoms with Crippen molar-refractivity contribution >= 4 is 11.9 Å². The Morgan fingerprint density at radius 1 is 1.29 bits per heavy atom. The van der Waals surface area contributed by atoms with Crippen molar-refractivity contribution in [1.82, 2.24) is 4.98 Å². The normalized spacial score (nSPS) is 13.9. The number of fused-ring (bicyclic) bond motifs is 1. The third kappa shape index (κ3) is 1.74. The van der Waals surface area contributed by atoms with Crippen LogP contribution >= 0.6 is 0 Å². The third-order valence-corrected chi connectivity index (χ3v) is 2.33. The van der Waals surface area contributed by atoms with Crippen LogP contribution in [0.15, 0.2) is 24.5 Å². The lowest BCUT2D eigenvalue weighted by atomic mass is 10.0. The van der Waals surface area contributed by atoms with Crippen molar-refractivity contribution in [1.29, 1.82) is 0 Å². The molecule has 0 aliphatic carbocycles. The van der Waals surface area contributed by atoms with E-state index >= 15 is 0 Å². The molecule has 0 spiro atoms. The number of hydrogen-bond acceptors (Lipinski definition) is 1. The fourth-order valence-corrected chi connectivity index (χ4v) is 1.73. The summed E-state index contributed by atoms with van der Waals surface area (Å²) in [6.07, 6.45) is 11.4. The first-order valence-corrected chi connectivity index (χ1v) is 5.07. The summed E-state index contributed by atoms with van der Waals surface area (Å²) in [7, 11) is 0. The van der Waals surface area contributed by atoms with Crippen molar-refractivity contribution in [2.75, 3.05) is 5.32 Å². The van der Waals surface area contributed by atoms with Crippen molar-refractivity contribution in [2.45, 2.75) is 20.3 Å². The molecule has 0 bridgehead atoms. The van der Waals surface area contributed by atoms with E-state index in [2.05, 4.69) is 42.5 Å². The zero-order valence-corrected chi connectivity index (χ0v) is 8.67. The maximum Gasteiger partial charge on any atom is 0.114 e. The van der Waals surface area contributed by atoms with E-state index in [1.54, 1.807) is 0 Å². The Morgan fingerprint density at radius 3 is 2.93 bits per heavy atom. The Bertz CT molecular complexity index is 370. The molecule has 0 saturated heterocycles. The van der Waals surface area contributed by atoms with Gasteiger partial charge < -0.3 is 10.3 Å². The molecule has 0 amide bonds. The quantitative estimate of drug-likeness (QED) is 0.733. The molecule has 74 valence electrons. The van der Waals surface area contributed by atoms with Crippen molar-refractivity contribution in [3.05, 3.63) is 35.7 Å². The van der Waals surface area contributed by atoms with Crippen LogP contribution in [0.4, 0.5) is 5.82 Å². The second-order valence-electron chi connectivity index (χ2n) is 4.06. The van der Waals surface area contributed by atoms with Crippen molar-refractivity contribution in [3.8, 4) is 0 Å².